The summed E-state index contributed by atoms with van der Waals surface area (Å²) < 4.78 is 22.3. The Balaban J connectivity index is 1.61. The molecule has 0 aromatic heterocycles. The van der Waals surface area contributed by atoms with Gasteiger partial charge < -0.3 is 24.3 Å². The molecule has 196 valence electrons. The second-order valence-electron chi connectivity index (χ2n) is 10.4. The molecule has 2 aromatic carbocycles. The fraction of sp³-hybridized carbons (Fsp3) is 0.500. The number of methoxy groups -OCH3 is 1. The summed E-state index contributed by atoms with van der Waals surface area (Å²) in [6.07, 6.45) is -0.0211. The highest BCUT2D eigenvalue weighted by molar-refractivity contribution is 5.76. The normalized spacial score (nSPS) is 17.9. The molecule has 0 saturated carbocycles. The van der Waals surface area contributed by atoms with Crippen LogP contribution in [0.15, 0.2) is 54.6 Å². The molecule has 2 aromatic rings. The monoisotopic (exact) mass is 498 g/mol. The first-order valence-corrected chi connectivity index (χ1v) is 12.2. The molecular weight excluding hydrogens is 460 g/mol. The molecule has 1 aliphatic rings. The number of esters is 1. The van der Waals surface area contributed by atoms with Crippen LogP contribution in [0.2, 0.25) is 0 Å². The maximum absolute atomic E-state index is 12.9. The van der Waals surface area contributed by atoms with Crippen molar-refractivity contribution in [2.75, 3.05) is 20.3 Å². The van der Waals surface area contributed by atoms with Crippen LogP contribution in [0.1, 0.15) is 45.7 Å². The van der Waals surface area contributed by atoms with Crippen LogP contribution in [0.5, 0.6) is 5.75 Å². The zero-order valence-corrected chi connectivity index (χ0v) is 22.1. The molecule has 3 rings (SSSR count). The zero-order chi connectivity index (χ0) is 26.3. The van der Waals surface area contributed by atoms with Crippen molar-refractivity contribution in [3.05, 3.63) is 65.7 Å². The van der Waals surface area contributed by atoms with Crippen LogP contribution >= 0.6 is 0 Å². The van der Waals surface area contributed by atoms with Crippen molar-refractivity contribution in [3.63, 3.8) is 0 Å². The van der Waals surface area contributed by atoms with E-state index in [0.29, 0.717) is 26.2 Å². The Morgan fingerprint density at radius 3 is 2.36 bits per heavy atom. The Labute approximate surface area is 213 Å². The second kappa shape index (κ2) is 11.8. The first kappa shape index (κ1) is 27.5. The number of amides is 1. The Bertz CT molecular complexity index is 1000. The first-order chi connectivity index (χ1) is 17.0. The molecule has 8 nitrogen and oxygen atoms in total. The summed E-state index contributed by atoms with van der Waals surface area (Å²) in [5.41, 5.74) is 0.609. The van der Waals surface area contributed by atoms with Crippen LogP contribution in [-0.2, 0) is 32.0 Å². The van der Waals surface area contributed by atoms with Gasteiger partial charge in [0.1, 0.15) is 29.7 Å². The van der Waals surface area contributed by atoms with E-state index in [2.05, 4.69) is 5.32 Å². The number of hydrogen-bond donors (Lipinski definition) is 1. The summed E-state index contributed by atoms with van der Waals surface area (Å²) in [7, 11) is 1.37. The molecule has 36 heavy (non-hydrogen) atoms. The van der Waals surface area contributed by atoms with Crippen LogP contribution in [0.4, 0.5) is 4.79 Å². The maximum Gasteiger partial charge on any atom is 0.412 e. The van der Waals surface area contributed by atoms with Crippen molar-refractivity contribution in [1.82, 2.24) is 10.2 Å². The lowest BCUT2D eigenvalue weighted by atomic mass is 10.1. The van der Waals surface area contributed by atoms with Crippen molar-refractivity contribution in [1.29, 1.82) is 0 Å². The highest BCUT2D eigenvalue weighted by atomic mass is 16.6. The number of benzene rings is 2. The quantitative estimate of drug-likeness (QED) is 0.516. The number of nitrogens with one attached hydrogen (secondary N) is 1. The van der Waals surface area contributed by atoms with E-state index in [9.17, 15) is 9.59 Å². The Hall–Kier alpha value is -3.10. The summed E-state index contributed by atoms with van der Waals surface area (Å²) in [5, 5.41) is 3.27. The van der Waals surface area contributed by atoms with Gasteiger partial charge in [-0.1, -0.05) is 42.5 Å². The minimum atomic E-state index is -0.814. The number of nitrogens with zero attached hydrogens (tertiary/aromatic N) is 1. The van der Waals surface area contributed by atoms with E-state index < -0.39 is 23.5 Å². The smallest absolute Gasteiger partial charge is 0.412 e. The molecule has 0 bridgehead atoms. The summed E-state index contributed by atoms with van der Waals surface area (Å²) in [5.74, 6) is 0.380. The largest absolute Gasteiger partial charge is 0.489 e. The van der Waals surface area contributed by atoms with Crippen molar-refractivity contribution in [2.45, 2.75) is 71.1 Å². The average molecular weight is 499 g/mol. The molecule has 1 fully saturated rings. The molecule has 0 aliphatic carbocycles. The van der Waals surface area contributed by atoms with Crippen molar-refractivity contribution >= 4 is 12.1 Å². The minimum absolute atomic E-state index is 0.296. The second-order valence-corrected chi connectivity index (χ2v) is 10.4. The summed E-state index contributed by atoms with van der Waals surface area (Å²) in [6.45, 7) is 10.3. The molecular formula is C28H38N2O6. The summed E-state index contributed by atoms with van der Waals surface area (Å²) >= 11 is 0. The van der Waals surface area contributed by atoms with E-state index in [1.54, 1.807) is 4.90 Å². The van der Waals surface area contributed by atoms with Crippen LogP contribution in [0, 0.1) is 0 Å². The van der Waals surface area contributed by atoms with Crippen molar-refractivity contribution < 1.29 is 28.5 Å². The molecule has 0 unspecified atom stereocenters. The highest BCUT2D eigenvalue weighted by Crippen LogP contribution is 2.29. The predicted molar refractivity (Wildman–Crippen MR) is 137 cm³/mol. The topological polar surface area (TPSA) is 86.3 Å². The van der Waals surface area contributed by atoms with Crippen molar-refractivity contribution in [3.8, 4) is 5.75 Å². The van der Waals surface area contributed by atoms with Gasteiger partial charge in [-0.2, -0.15) is 0 Å². The minimum Gasteiger partial charge on any atom is -0.489 e. The van der Waals surface area contributed by atoms with Gasteiger partial charge in [-0.3, -0.25) is 9.69 Å². The lowest BCUT2D eigenvalue weighted by molar-refractivity contribution is -0.143. The van der Waals surface area contributed by atoms with Gasteiger partial charge in [-0.15, -0.1) is 0 Å². The molecule has 2 atom stereocenters. The maximum atomic E-state index is 12.9. The summed E-state index contributed by atoms with van der Waals surface area (Å²) in [4.78, 5) is 27.0. The third-order valence-electron chi connectivity index (χ3n) is 5.86. The third kappa shape index (κ3) is 7.70. The first-order valence-electron chi connectivity index (χ1n) is 12.2. The standard InChI is InChI=1S/C28H38N2O6/c1-27(2,3)36-26(32)30-22(19-35-28(30,4)5)17-29-24(25(31)33-6)16-20-12-14-23(15-13-20)34-18-21-10-8-7-9-11-21/h7-15,22,24,29H,16-19H2,1-6H3/t22-,24+/m1/s1. The molecule has 1 aliphatic heterocycles. The van der Waals surface area contributed by atoms with Crippen LogP contribution in [0.25, 0.3) is 0 Å². The zero-order valence-electron chi connectivity index (χ0n) is 22.1. The van der Waals surface area contributed by atoms with E-state index in [4.69, 9.17) is 18.9 Å². The lowest BCUT2D eigenvalue weighted by Crippen LogP contribution is -2.54. The molecule has 1 N–H and O–H groups in total. The summed E-state index contributed by atoms with van der Waals surface area (Å²) in [6, 6.07) is 16.7. The van der Waals surface area contributed by atoms with E-state index in [0.717, 1.165) is 16.9 Å². The van der Waals surface area contributed by atoms with Gasteiger partial charge in [0, 0.05) is 6.54 Å². The number of hydrogen-bond acceptors (Lipinski definition) is 7. The number of rotatable bonds is 9. The molecule has 0 spiro atoms. The fourth-order valence-corrected chi connectivity index (χ4v) is 4.07. The number of carbonyl (C=O) groups is 2. The lowest BCUT2D eigenvalue weighted by Gasteiger charge is -2.35. The van der Waals surface area contributed by atoms with E-state index in [1.807, 2.05) is 89.2 Å². The van der Waals surface area contributed by atoms with Crippen LogP contribution in [-0.4, -0.2) is 60.6 Å². The van der Waals surface area contributed by atoms with Gasteiger partial charge in [0.2, 0.25) is 0 Å². The third-order valence-corrected chi connectivity index (χ3v) is 5.86. The van der Waals surface area contributed by atoms with Gasteiger partial charge in [0.15, 0.2) is 0 Å². The van der Waals surface area contributed by atoms with Gasteiger partial charge in [-0.25, -0.2) is 4.79 Å². The molecule has 8 heteroatoms. The van der Waals surface area contributed by atoms with Crippen molar-refractivity contribution in [2.24, 2.45) is 0 Å². The molecule has 0 radical (unpaired) electrons. The van der Waals surface area contributed by atoms with E-state index in [1.165, 1.54) is 7.11 Å². The van der Waals surface area contributed by atoms with E-state index >= 15 is 0 Å². The SMILES string of the molecule is COC(=O)[C@H](Cc1ccc(OCc2ccccc2)cc1)NC[C@@H]1COC(C)(C)N1C(=O)OC(C)(C)C. The van der Waals surface area contributed by atoms with Gasteiger partial charge in [0.05, 0.1) is 19.8 Å². The Kier molecular flexibility index (Phi) is 8.98. The highest BCUT2D eigenvalue weighted by Gasteiger charge is 2.45. The van der Waals surface area contributed by atoms with Crippen LogP contribution < -0.4 is 10.1 Å². The Morgan fingerprint density at radius 1 is 1.08 bits per heavy atom. The van der Waals surface area contributed by atoms with E-state index in [-0.39, 0.29) is 12.0 Å². The van der Waals surface area contributed by atoms with Crippen LogP contribution in [0.3, 0.4) is 0 Å². The average Bonchev–Trinajstić information content (AvgIpc) is 3.14. The van der Waals surface area contributed by atoms with Gasteiger partial charge in [0.25, 0.3) is 0 Å². The van der Waals surface area contributed by atoms with Gasteiger partial charge >= 0.3 is 12.1 Å². The number of ether oxygens (including phenoxy) is 4. The van der Waals surface area contributed by atoms with Gasteiger partial charge in [-0.05, 0) is 64.3 Å². The fourth-order valence-electron chi connectivity index (χ4n) is 4.07. The predicted octanol–water partition coefficient (Wildman–Crippen LogP) is 4.31. The Morgan fingerprint density at radius 2 is 1.75 bits per heavy atom. The molecule has 1 heterocycles. The number of carbonyl (C=O) groups excluding carboxylic acids is 2. The molecule has 1 amide bonds. The molecule has 1 saturated heterocycles.